The van der Waals surface area contributed by atoms with Gasteiger partial charge < -0.3 is 14.8 Å². The molecule has 0 aromatic carbocycles. The fraction of sp³-hybridized carbons (Fsp3) is 0.615. The molecule has 2 rings (SSSR count). The molecule has 0 amide bonds. The average Bonchev–Trinajstić information content (AvgIpc) is 3.13. The molecule has 1 heterocycles. The van der Waals surface area contributed by atoms with E-state index in [4.69, 9.17) is 5.11 Å². The number of aliphatic hydroxyl groups is 1. The van der Waals surface area contributed by atoms with Gasteiger partial charge >= 0.3 is 5.97 Å². The highest BCUT2D eigenvalue weighted by Crippen LogP contribution is 2.37. The number of aromatic carboxylic acids is 1. The summed E-state index contributed by atoms with van der Waals surface area (Å²) in [5.74, 6) is -1.22. The molecule has 1 aliphatic rings. The minimum Gasteiger partial charge on any atom is -0.477 e. The van der Waals surface area contributed by atoms with Crippen molar-refractivity contribution in [1.82, 2.24) is 9.29 Å². The molecule has 0 spiro atoms. The van der Waals surface area contributed by atoms with Crippen LogP contribution in [0.2, 0.25) is 0 Å². The van der Waals surface area contributed by atoms with Gasteiger partial charge in [0, 0.05) is 18.8 Å². The maximum absolute atomic E-state index is 12.2. The second-order valence-corrected chi connectivity index (χ2v) is 7.43. The Kier molecular flexibility index (Phi) is 4.40. The number of carbonyl (C=O) groups is 1. The molecule has 1 unspecified atom stereocenters. The zero-order chi connectivity index (χ0) is 15.8. The van der Waals surface area contributed by atoms with Gasteiger partial charge in [-0.2, -0.15) is 0 Å². The highest BCUT2D eigenvalue weighted by atomic mass is 32.2. The Morgan fingerprint density at radius 3 is 2.57 bits per heavy atom. The van der Waals surface area contributed by atoms with Crippen LogP contribution in [0, 0.1) is 5.92 Å². The largest absolute Gasteiger partial charge is 0.477 e. The number of aromatic nitrogens is 1. The Morgan fingerprint density at radius 1 is 1.48 bits per heavy atom. The van der Waals surface area contributed by atoms with Crippen LogP contribution in [0.4, 0.5) is 0 Å². The lowest BCUT2D eigenvalue weighted by Crippen LogP contribution is -2.34. The van der Waals surface area contributed by atoms with Gasteiger partial charge in [-0.25, -0.2) is 17.9 Å². The predicted octanol–water partition coefficient (Wildman–Crippen LogP) is 0.816. The number of hydrogen-bond donors (Lipinski definition) is 3. The Labute approximate surface area is 123 Å². The third kappa shape index (κ3) is 3.63. The predicted molar refractivity (Wildman–Crippen MR) is 75.7 cm³/mol. The zero-order valence-electron chi connectivity index (χ0n) is 12.0. The molecule has 1 atom stereocenters. The molecule has 3 N–H and O–H groups in total. The van der Waals surface area contributed by atoms with E-state index < -0.39 is 22.1 Å². The number of aliphatic hydroxyl groups excluding tert-OH is 1. The molecule has 1 saturated carbocycles. The molecule has 0 aliphatic heterocycles. The van der Waals surface area contributed by atoms with E-state index in [0.29, 0.717) is 0 Å². The SMILES string of the molecule is CC(C)C(O)CNS(=O)(=O)c1cc(C(=O)O)n(C2CC2)c1. The van der Waals surface area contributed by atoms with E-state index in [1.165, 1.54) is 10.8 Å². The lowest BCUT2D eigenvalue weighted by Gasteiger charge is -2.14. The molecule has 1 aromatic heterocycles. The van der Waals surface area contributed by atoms with Crippen LogP contribution >= 0.6 is 0 Å². The van der Waals surface area contributed by atoms with Crippen molar-refractivity contribution < 1.29 is 23.4 Å². The summed E-state index contributed by atoms with van der Waals surface area (Å²) in [6.45, 7) is 3.47. The van der Waals surface area contributed by atoms with Gasteiger partial charge in [0.25, 0.3) is 0 Å². The van der Waals surface area contributed by atoms with Crippen molar-refractivity contribution in [1.29, 1.82) is 0 Å². The second kappa shape index (κ2) is 5.78. The molecule has 0 bridgehead atoms. The summed E-state index contributed by atoms with van der Waals surface area (Å²) in [7, 11) is -3.82. The molecule has 21 heavy (non-hydrogen) atoms. The number of hydrogen-bond acceptors (Lipinski definition) is 4. The standard InChI is InChI=1S/C13H20N2O5S/c1-8(2)12(16)6-14-21(19,20)10-5-11(13(17)18)15(7-10)9-3-4-9/h5,7-9,12,14,16H,3-4,6H2,1-2H3,(H,17,18). The van der Waals surface area contributed by atoms with Gasteiger partial charge in [0.05, 0.1) is 6.10 Å². The maximum Gasteiger partial charge on any atom is 0.352 e. The summed E-state index contributed by atoms with van der Waals surface area (Å²) in [5.41, 5.74) is -0.0257. The molecule has 1 aromatic rings. The van der Waals surface area contributed by atoms with E-state index in [0.717, 1.165) is 18.9 Å². The Balaban J connectivity index is 2.20. The highest BCUT2D eigenvalue weighted by molar-refractivity contribution is 7.89. The van der Waals surface area contributed by atoms with E-state index in [-0.39, 0.29) is 29.1 Å². The lowest BCUT2D eigenvalue weighted by molar-refractivity contribution is 0.0685. The first-order valence-electron chi connectivity index (χ1n) is 6.85. The summed E-state index contributed by atoms with van der Waals surface area (Å²) in [6, 6.07) is 1.23. The highest BCUT2D eigenvalue weighted by Gasteiger charge is 2.30. The topological polar surface area (TPSA) is 109 Å². The van der Waals surface area contributed by atoms with Crippen molar-refractivity contribution in [3.8, 4) is 0 Å². The smallest absolute Gasteiger partial charge is 0.352 e. The van der Waals surface area contributed by atoms with Gasteiger partial charge in [-0.3, -0.25) is 0 Å². The van der Waals surface area contributed by atoms with Crippen molar-refractivity contribution in [3.63, 3.8) is 0 Å². The normalized spacial score (nSPS) is 17.1. The minimum absolute atomic E-state index is 0.0257. The summed E-state index contributed by atoms with van der Waals surface area (Å²) in [6.07, 6.45) is 2.27. The van der Waals surface area contributed by atoms with E-state index in [1.807, 2.05) is 0 Å². The van der Waals surface area contributed by atoms with Crippen LogP contribution in [0.25, 0.3) is 0 Å². The number of carboxylic acids is 1. The third-order valence-electron chi connectivity index (χ3n) is 3.55. The summed E-state index contributed by atoms with van der Waals surface area (Å²) in [5, 5.41) is 18.8. The molecule has 118 valence electrons. The second-order valence-electron chi connectivity index (χ2n) is 5.67. The van der Waals surface area contributed by atoms with Crippen molar-refractivity contribution in [2.24, 2.45) is 5.92 Å². The number of carboxylic acid groups (broad SMARTS) is 1. The molecular formula is C13H20N2O5S. The lowest BCUT2D eigenvalue weighted by atomic mass is 10.1. The van der Waals surface area contributed by atoms with Crippen molar-refractivity contribution in [2.45, 2.75) is 43.7 Å². The first-order chi connectivity index (χ1) is 9.72. The monoisotopic (exact) mass is 316 g/mol. The fourth-order valence-electron chi connectivity index (χ4n) is 1.94. The van der Waals surface area contributed by atoms with Crippen LogP contribution < -0.4 is 4.72 Å². The molecule has 1 aliphatic carbocycles. The fourth-order valence-corrected chi connectivity index (χ4v) is 3.02. The van der Waals surface area contributed by atoms with Crippen LogP contribution in [0.1, 0.15) is 43.2 Å². The van der Waals surface area contributed by atoms with Gasteiger partial charge in [-0.15, -0.1) is 0 Å². The van der Waals surface area contributed by atoms with Gasteiger partial charge in [0.2, 0.25) is 10.0 Å². The molecule has 8 heteroatoms. The van der Waals surface area contributed by atoms with E-state index >= 15 is 0 Å². The first kappa shape index (κ1) is 16.0. The Bertz CT molecular complexity index is 631. The van der Waals surface area contributed by atoms with E-state index in [2.05, 4.69) is 4.72 Å². The summed E-state index contributed by atoms with van der Waals surface area (Å²) >= 11 is 0. The van der Waals surface area contributed by atoms with Crippen molar-refractivity contribution >= 4 is 16.0 Å². The number of sulfonamides is 1. The first-order valence-corrected chi connectivity index (χ1v) is 8.33. The Hall–Kier alpha value is -1.38. The molecule has 7 nitrogen and oxygen atoms in total. The van der Waals surface area contributed by atoms with Crippen LogP contribution in [0.15, 0.2) is 17.2 Å². The van der Waals surface area contributed by atoms with Gasteiger partial charge in [0.1, 0.15) is 10.6 Å². The Morgan fingerprint density at radius 2 is 2.10 bits per heavy atom. The van der Waals surface area contributed by atoms with Gasteiger partial charge in [-0.05, 0) is 24.8 Å². The van der Waals surface area contributed by atoms with Crippen molar-refractivity contribution in [3.05, 3.63) is 18.0 Å². The third-order valence-corrected chi connectivity index (χ3v) is 4.94. The van der Waals surface area contributed by atoms with Crippen LogP contribution in [0.3, 0.4) is 0 Å². The van der Waals surface area contributed by atoms with Crippen LogP contribution in [-0.2, 0) is 10.0 Å². The van der Waals surface area contributed by atoms with Gasteiger partial charge in [-0.1, -0.05) is 13.8 Å². The number of nitrogens with one attached hydrogen (secondary N) is 1. The molecule has 1 fully saturated rings. The molecular weight excluding hydrogens is 296 g/mol. The minimum atomic E-state index is -3.82. The van der Waals surface area contributed by atoms with Crippen LogP contribution in [-0.4, -0.2) is 41.8 Å². The van der Waals surface area contributed by atoms with Crippen LogP contribution in [0.5, 0.6) is 0 Å². The number of nitrogens with zero attached hydrogens (tertiary/aromatic N) is 1. The van der Waals surface area contributed by atoms with Crippen molar-refractivity contribution in [2.75, 3.05) is 6.54 Å². The quantitative estimate of drug-likeness (QED) is 0.690. The number of rotatable bonds is 7. The van der Waals surface area contributed by atoms with Gasteiger partial charge in [0.15, 0.2) is 0 Å². The van der Waals surface area contributed by atoms with E-state index in [1.54, 1.807) is 13.8 Å². The van der Waals surface area contributed by atoms with E-state index in [9.17, 15) is 18.3 Å². The summed E-state index contributed by atoms with van der Waals surface area (Å²) < 4.78 is 28.1. The summed E-state index contributed by atoms with van der Waals surface area (Å²) in [4.78, 5) is 11.1. The maximum atomic E-state index is 12.2. The average molecular weight is 316 g/mol. The zero-order valence-corrected chi connectivity index (χ0v) is 12.8. The molecule has 0 radical (unpaired) electrons. The molecule has 0 saturated heterocycles.